The average Bonchev–Trinajstić information content (AvgIpc) is 3.10. The van der Waals surface area contributed by atoms with E-state index >= 15 is 0 Å². The van der Waals surface area contributed by atoms with Gasteiger partial charge in [0.25, 0.3) is 5.91 Å². The van der Waals surface area contributed by atoms with Crippen molar-refractivity contribution >= 4 is 40.6 Å². The minimum atomic E-state index is -0.159. The van der Waals surface area contributed by atoms with Crippen molar-refractivity contribution in [1.29, 1.82) is 0 Å². The van der Waals surface area contributed by atoms with E-state index in [0.717, 1.165) is 19.4 Å². The first-order chi connectivity index (χ1) is 11.6. The minimum absolute atomic E-state index is 0.110. The lowest BCUT2D eigenvalue weighted by Gasteiger charge is -2.12. The molecule has 1 aromatic heterocycles. The molecule has 7 heteroatoms. The van der Waals surface area contributed by atoms with Gasteiger partial charge < -0.3 is 15.4 Å². The Morgan fingerprint density at radius 1 is 1.29 bits per heavy atom. The van der Waals surface area contributed by atoms with Crippen molar-refractivity contribution in [3.8, 4) is 0 Å². The number of ether oxygens (including phenoxy) is 1. The van der Waals surface area contributed by atoms with Crippen molar-refractivity contribution in [2.45, 2.75) is 18.9 Å². The van der Waals surface area contributed by atoms with Gasteiger partial charge in [0.2, 0.25) is 0 Å². The summed E-state index contributed by atoms with van der Waals surface area (Å²) in [6.07, 6.45) is 3.71. The largest absolute Gasteiger partial charge is 0.376 e. The zero-order valence-corrected chi connectivity index (χ0v) is 14.4. The topological polar surface area (TPSA) is 63.2 Å². The summed E-state index contributed by atoms with van der Waals surface area (Å²) in [7, 11) is 0. The third-order valence-corrected chi connectivity index (χ3v) is 4.29. The maximum Gasteiger partial charge on any atom is 0.251 e. The van der Waals surface area contributed by atoms with Crippen LogP contribution in [0, 0.1) is 0 Å². The first-order valence-corrected chi connectivity index (χ1v) is 8.45. The monoisotopic (exact) mass is 365 g/mol. The van der Waals surface area contributed by atoms with Crippen LogP contribution in [-0.2, 0) is 4.74 Å². The molecule has 1 aromatic carbocycles. The Morgan fingerprint density at radius 3 is 2.96 bits per heavy atom. The van der Waals surface area contributed by atoms with E-state index < -0.39 is 0 Å². The van der Waals surface area contributed by atoms with Gasteiger partial charge in [-0.3, -0.25) is 4.79 Å². The first kappa shape index (κ1) is 17.0. The Balaban J connectivity index is 1.66. The van der Waals surface area contributed by atoms with Gasteiger partial charge in [0.1, 0.15) is 5.82 Å². The number of rotatable bonds is 5. The van der Waals surface area contributed by atoms with Crippen molar-refractivity contribution in [2.24, 2.45) is 0 Å². The standard InChI is InChI=1S/C17H17Cl2N3O2/c18-12-3-4-14(19)15(9-12)22-16-8-11(5-6-20-16)17(23)21-10-13-2-1-7-24-13/h3-6,8-9,13H,1-2,7,10H2,(H,20,22)(H,21,23). The first-order valence-electron chi connectivity index (χ1n) is 7.70. The summed E-state index contributed by atoms with van der Waals surface area (Å²) in [6.45, 7) is 1.29. The summed E-state index contributed by atoms with van der Waals surface area (Å²) in [5, 5.41) is 7.04. The molecule has 2 N–H and O–H groups in total. The van der Waals surface area contributed by atoms with Crippen LogP contribution >= 0.6 is 23.2 Å². The highest BCUT2D eigenvalue weighted by atomic mass is 35.5. The third kappa shape index (κ3) is 4.38. The second-order valence-electron chi connectivity index (χ2n) is 5.52. The van der Waals surface area contributed by atoms with Crippen LogP contribution < -0.4 is 10.6 Å². The average molecular weight is 366 g/mol. The number of halogens is 2. The molecular weight excluding hydrogens is 349 g/mol. The summed E-state index contributed by atoms with van der Waals surface area (Å²) < 4.78 is 5.50. The van der Waals surface area contributed by atoms with E-state index in [4.69, 9.17) is 27.9 Å². The fourth-order valence-corrected chi connectivity index (χ4v) is 2.82. The fourth-order valence-electron chi connectivity index (χ4n) is 2.49. The van der Waals surface area contributed by atoms with E-state index in [1.807, 2.05) is 0 Å². The van der Waals surface area contributed by atoms with E-state index in [1.54, 1.807) is 36.5 Å². The number of carbonyl (C=O) groups is 1. The van der Waals surface area contributed by atoms with Gasteiger partial charge in [-0.1, -0.05) is 23.2 Å². The van der Waals surface area contributed by atoms with Gasteiger partial charge in [-0.2, -0.15) is 0 Å². The SMILES string of the molecule is O=C(NCC1CCCO1)c1ccnc(Nc2cc(Cl)ccc2Cl)c1. The molecule has 0 spiro atoms. The molecular formula is C17H17Cl2N3O2. The van der Waals surface area contributed by atoms with Crippen LogP contribution in [0.25, 0.3) is 0 Å². The molecule has 1 aliphatic heterocycles. The maximum absolute atomic E-state index is 12.3. The Hall–Kier alpha value is -1.82. The lowest BCUT2D eigenvalue weighted by atomic mass is 10.2. The van der Waals surface area contributed by atoms with Gasteiger partial charge in [-0.15, -0.1) is 0 Å². The van der Waals surface area contributed by atoms with Crippen LogP contribution in [0.4, 0.5) is 11.5 Å². The predicted octanol–water partition coefficient (Wildman–Crippen LogP) is 4.04. The number of carbonyl (C=O) groups excluding carboxylic acids is 1. The Kier molecular flexibility index (Phi) is 5.56. The smallest absolute Gasteiger partial charge is 0.251 e. The molecule has 0 bridgehead atoms. The highest BCUT2D eigenvalue weighted by molar-refractivity contribution is 6.35. The van der Waals surface area contributed by atoms with Crippen LogP contribution in [-0.4, -0.2) is 30.1 Å². The predicted molar refractivity (Wildman–Crippen MR) is 95.3 cm³/mol. The number of pyridine rings is 1. The molecule has 1 fully saturated rings. The van der Waals surface area contributed by atoms with Crippen LogP contribution in [0.1, 0.15) is 23.2 Å². The van der Waals surface area contributed by atoms with Crippen molar-refractivity contribution < 1.29 is 9.53 Å². The number of nitrogens with one attached hydrogen (secondary N) is 2. The number of hydrogen-bond acceptors (Lipinski definition) is 4. The van der Waals surface area contributed by atoms with Crippen molar-refractivity contribution in [3.63, 3.8) is 0 Å². The zero-order chi connectivity index (χ0) is 16.9. The van der Waals surface area contributed by atoms with Crippen LogP contribution in [0.2, 0.25) is 10.0 Å². The number of anilines is 2. The highest BCUT2D eigenvalue weighted by Crippen LogP contribution is 2.28. The molecule has 2 aromatic rings. The molecule has 5 nitrogen and oxygen atoms in total. The van der Waals surface area contributed by atoms with Gasteiger partial charge in [0.05, 0.1) is 16.8 Å². The molecule has 1 saturated heterocycles. The van der Waals surface area contributed by atoms with Gasteiger partial charge in [0, 0.05) is 29.9 Å². The normalized spacial score (nSPS) is 16.8. The summed E-state index contributed by atoms with van der Waals surface area (Å²) in [5.74, 6) is 0.358. The molecule has 0 saturated carbocycles. The van der Waals surface area contributed by atoms with Crippen molar-refractivity contribution in [2.75, 3.05) is 18.5 Å². The quantitative estimate of drug-likeness (QED) is 0.838. The van der Waals surface area contributed by atoms with Crippen LogP contribution in [0.15, 0.2) is 36.5 Å². The molecule has 3 rings (SSSR count). The summed E-state index contributed by atoms with van der Waals surface area (Å²) >= 11 is 12.1. The second kappa shape index (κ2) is 7.83. The Labute approximate surface area is 150 Å². The van der Waals surface area contributed by atoms with Gasteiger partial charge in [-0.25, -0.2) is 4.98 Å². The van der Waals surface area contributed by atoms with Gasteiger partial charge in [0.15, 0.2) is 0 Å². The Morgan fingerprint density at radius 2 is 2.17 bits per heavy atom. The molecule has 1 unspecified atom stereocenters. The summed E-state index contributed by atoms with van der Waals surface area (Å²) in [6, 6.07) is 8.44. The van der Waals surface area contributed by atoms with E-state index in [2.05, 4.69) is 15.6 Å². The van der Waals surface area contributed by atoms with Crippen LogP contribution in [0.3, 0.4) is 0 Å². The molecule has 1 aliphatic rings. The number of aromatic nitrogens is 1. The van der Waals surface area contributed by atoms with E-state index in [0.29, 0.717) is 33.7 Å². The zero-order valence-electron chi connectivity index (χ0n) is 12.9. The third-order valence-electron chi connectivity index (χ3n) is 3.73. The van der Waals surface area contributed by atoms with Crippen molar-refractivity contribution in [1.82, 2.24) is 10.3 Å². The van der Waals surface area contributed by atoms with Gasteiger partial charge in [-0.05, 0) is 43.2 Å². The molecule has 2 heterocycles. The lowest BCUT2D eigenvalue weighted by Crippen LogP contribution is -2.31. The molecule has 1 amide bonds. The molecule has 0 aliphatic carbocycles. The molecule has 0 radical (unpaired) electrons. The molecule has 1 atom stereocenters. The number of hydrogen-bond donors (Lipinski definition) is 2. The number of nitrogens with zero attached hydrogens (tertiary/aromatic N) is 1. The van der Waals surface area contributed by atoms with Crippen LogP contribution in [0.5, 0.6) is 0 Å². The van der Waals surface area contributed by atoms with E-state index in [-0.39, 0.29) is 12.0 Å². The highest BCUT2D eigenvalue weighted by Gasteiger charge is 2.17. The maximum atomic E-state index is 12.3. The van der Waals surface area contributed by atoms with Gasteiger partial charge >= 0.3 is 0 Å². The molecule has 126 valence electrons. The minimum Gasteiger partial charge on any atom is -0.376 e. The second-order valence-corrected chi connectivity index (χ2v) is 6.37. The van der Waals surface area contributed by atoms with E-state index in [1.165, 1.54) is 0 Å². The van der Waals surface area contributed by atoms with E-state index in [9.17, 15) is 4.79 Å². The summed E-state index contributed by atoms with van der Waals surface area (Å²) in [5.41, 5.74) is 1.15. The molecule has 24 heavy (non-hydrogen) atoms. The van der Waals surface area contributed by atoms with Crippen molar-refractivity contribution in [3.05, 3.63) is 52.1 Å². The fraction of sp³-hybridized carbons (Fsp3) is 0.294. The number of amides is 1. The summed E-state index contributed by atoms with van der Waals surface area (Å²) in [4.78, 5) is 16.5. The lowest BCUT2D eigenvalue weighted by molar-refractivity contribution is 0.0857. The Bertz CT molecular complexity index is 734. The number of benzene rings is 1.